The van der Waals surface area contributed by atoms with Gasteiger partial charge in [0, 0.05) is 10.9 Å². The number of rotatable bonds is 7. The van der Waals surface area contributed by atoms with Gasteiger partial charge in [0.05, 0.1) is 10.6 Å². The van der Waals surface area contributed by atoms with Crippen LogP contribution in [0.4, 0.5) is 5.82 Å². The van der Waals surface area contributed by atoms with Crippen LogP contribution in [0.1, 0.15) is 43.4 Å². The smallest absolute Gasteiger partial charge is 0.260 e. The van der Waals surface area contributed by atoms with Crippen molar-refractivity contribution in [3.05, 3.63) is 32.6 Å². The van der Waals surface area contributed by atoms with Gasteiger partial charge in [-0.3, -0.25) is 9.59 Å². The predicted octanol–water partition coefficient (Wildman–Crippen LogP) is 4.30. The van der Waals surface area contributed by atoms with E-state index in [9.17, 15) is 9.59 Å². The minimum Gasteiger partial charge on any atom is -0.360 e. The summed E-state index contributed by atoms with van der Waals surface area (Å²) in [6, 6.07) is 1.65. The molecule has 0 bridgehead atoms. The summed E-state index contributed by atoms with van der Waals surface area (Å²) in [5, 5.41) is 7.11. The largest absolute Gasteiger partial charge is 0.360 e. The number of hydrogen-bond acceptors (Lipinski definition) is 7. The molecule has 0 aliphatic heterocycles. The number of anilines is 1. The first-order chi connectivity index (χ1) is 13.3. The summed E-state index contributed by atoms with van der Waals surface area (Å²) in [7, 11) is 0. The second kappa shape index (κ2) is 8.48. The summed E-state index contributed by atoms with van der Waals surface area (Å²) in [5.41, 5.74) is 0.946. The molecule has 0 saturated heterocycles. The third kappa shape index (κ3) is 4.47. The Morgan fingerprint density at radius 2 is 2.14 bits per heavy atom. The van der Waals surface area contributed by atoms with Gasteiger partial charge in [-0.1, -0.05) is 37.2 Å². The lowest BCUT2D eigenvalue weighted by atomic mass is 9.98. The number of carbonyl (C=O) groups excluding carboxylic acids is 1. The number of aryl methyl sites for hydroxylation is 2. The van der Waals surface area contributed by atoms with Crippen LogP contribution in [-0.2, 0) is 11.2 Å². The van der Waals surface area contributed by atoms with E-state index in [1.807, 2.05) is 6.92 Å². The van der Waals surface area contributed by atoms with Crippen LogP contribution in [-0.4, -0.2) is 26.3 Å². The van der Waals surface area contributed by atoms with E-state index in [1.165, 1.54) is 23.1 Å². The number of H-pyrrole nitrogens is 1. The van der Waals surface area contributed by atoms with E-state index in [0.717, 1.165) is 28.1 Å². The molecule has 28 heavy (non-hydrogen) atoms. The van der Waals surface area contributed by atoms with Gasteiger partial charge in [0.2, 0.25) is 5.91 Å². The molecule has 2 atom stereocenters. The van der Waals surface area contributed by atoms with Crippen molar-refractivity contribution < 1.29 is 9.32 Å². The lowest BCUT2D eigenvalue weighted by Crippen LogP contribution is -2.23. The molecule has 7 nitrogen and oxygen atoms in total. The topological polar surface area (TPSA) is 101 Å². The Morgan fingerprint density at radius 1 is 1.39 bits per heavy atom. The minimum atomic E-state index is -0.460. The number of thiophene rings is 1. The van der Waals surface area contributed by atoms with E-state index in [2.05, 4.69) is 34.3 Å². The van der Waals surface area contributed by atoms with Crippen molar-refractivity contribution in [2.75, 3.05) is 5.32 Å². The second-order valence-corrected chi connectivity index (χ2v) is 9.51. The van der Waals surface area contributed by atoms with Gasteiger partial charge in [0.1, 0.15) is 10.6 Å². The molecule has 0 radical (unpaired) electrons. The van der Waals surface area contributed by atoms with Crippen LogP contribution in [0.3, 0.4) is 0 Å². The molecule has 0 spiro atoms. The van der Waals surface area contributed by atoms with Crippen LogP contribution in [0.2, 0.25) is 0 Å². The number of fused-ring (bicyclic) bond motifs is 1. The maximum atomic E-state index is 12.7. The predicted molar refractivity (Wildman–Crippen MR) is 113 cm³/mol. The Labute approximate surface area is 171 Å². The highest BCUT2D eigenvalue weighted by Crippen LogP contribution is 2.31. The quantitative estimate of drug-likeness (QED) is 0.437. The molecule has 0 aliphatic rings. The lowest BCUT2D eigenvalue weighted by molar-refractivity contribution is -0.115. The third-order valence-corrected chi connectivity index (χ3v) is 6.65. The van der Waals surface area contributed by atoms with Crippen LogP contribution in [0.15, 0.2) is 20.5 Å². The third-order valence-electron chi connectivity index (χ3n) is 4.63. The summed E-state index contributed by atoms with van der Waals surface area (Å²) in [6.45, 7) is 9.88. The van der Waals surface area contributed by atoms with E-state index in [4.69, 9.17) is 4.52 Å². The molecule has 0 aliphatic carbocycles. The van der Waals surface area contributed by atoms with Crippen molar-refractivity contribution in [2.45, 2.75) is 57.9 Å². The monoisotopic (exact) mass is 420 g/mol. The van der Waals surface area contributed by atoms with Crippen molar-refractivity contribution in [3.63, 3.8) is 0 Å². The molecule has 2 N–H and O–H groups in total. The SMILES string of the molecule is CC[C@H](C)Cc1c(C)sc2nc(S[C@H](C)C(=O)Nc3cc(C)on3)[nH]c(=O)c12. The Bertz CT molecular complexity index is 1050. The normalized spacial score (nSPS) is 13.6. The van der Waals surface area contributed by atoms with Gasteiger partial charge in [-0.15, -0.1) is 11.3 Å². The average Bonchev–Trinajstić information content (AvgIpc) is 3.17. The van der Waals surface area contributed by atoms with Gasteiger partial charge in [0.25, 0.3) is 5.56 Å². The molecular weight excluding hydrogens is 396 g/mol. The highest BCUT2D eigenvalue weighted by Gasteiger charge is 2.20. The van der Waals surface area contributed by atoms with Crippen LogP contribution < -0.4 is 10.9 Å². The standard InChI is InChI=1S/C19H24N4O3S2/c1-6-9(2)7-13-11(4)27-18-15(13)17(25)21-19(22-18)28-12(5)16(24)20-14-8-10(3)26-23-14/h8-9,12H,6-7H2,1-5H3,(H,20,23,24)(H,21,22,25)/t9-,12+/m0/s1. The highest BCUT2D eigenvalue weighted by molar-refractivity contribution is 8.00. The summed E-state index contributed by atoms with van der Waals surface area (Å²) >= 11 is 2.74. The fraction of sp³-hybridized carbons (Fsp3) is 0.474. The van der Waals surface area contributed by atoms with Crippen LogP contribution >= 0.6 is 23.1 Å². The molecule has 3 aromatic rings. The fourth-order valence-corrected chi connectivity index (χ4v) is 4.73. The van der Waals surface area contributed by atoms with Gasteiger partial charge >= 0.3 is 0 Å². The van der Waals surface area contributed by atoms with E-state index < -0.39 is 5.25 Å². The Kier molecular flexibility index (Phi) is 6.24. The van der Waals surface area contributed by atoms with Gasteiger partial charge in [-0.25, -0.2) is 4.98 Å². The lowest BCUT2D eigenvalue weighted by Gasteiger charge is -2.10. The summed E-state index contributed by atoms with van der Waals surface area (Å²) in [5.74, 6) is 1.26. The molecule has 0 fully saturated rings. The van der Waals surface area contributed by atoms with Crippen molar-refractivity contribution in [2.24, 2.45) is 5.92 Å². The van der Waals surface area contributed by atoms with Gasteiger partial charge in [-0.2, -0.15) is 0 Å². The first-order valence-corrected chi connectivity index (χ1v) is 10.9. The number of amides is 1. The van der Waals surface area contributed by atoms with Crippen LogP contribution in [0.25, 0.3) is 10.2 Å². The molecule has 0 unspecified atom stereocenters. The van der Waals surface area contributed by atoms with E-state index in [-0.39, 0.29) is 11.5 Å². The Balaban J connectivity index is 1.80. The summed E-state index contributed by atoms with van der Waals surface area (Å²) in [6.07, 6.45) is 1.93. The van der Waals surface area contributed by atoms with Crippen molar-refractivity contribution in [1.82, 2.24) is 15.1 Å². The fourth-order valence-electron chi connectivity index (χ4n) is 2.82. The minimum absolute atomic E-state index is 0.144. The average molecular weight is 421 g/mol. The number of carbonyl (C=O) groups is 1. The Morgan fingerprint density at radius 3 is 2.79 bits per heavy atom. The number of nitrogens with one attached hydrogen (secondary N) is 2. The zero-order chi connectivity index (χ0) is 20.4. The molecule has 9 heteroatoms. The first-order valence-electron chi connectivity index (χ1n) is 9.21. The number of aromatic nitrogens is 3. The molecule has 0 aromatic carbocycles. The molecule has 3 aromatic heterocycles. The van der Waals surface area contributed by atoms with E-state index in [1.54, 1.807) is 19.9 Å². The maximum absolute atomic E-state index is 12.7. The number of hydrogen-bond donors (Lipinski definition) is 2. The van der Waals surface area contributed by atoms with Crippen molar-refractivity contribution >= 4 is 45.0 Å². The zero-order valence-corrected chi connectivity index (χ0v) is 18.2. The van der Waals surface area contributed by atoms with Crippen LogP contribution in [0.5, 0.6) is 0 Å². The van der Waals surface area contributed by atoms with E-state index in [0.29, 0.717) is 28.0 Å². The van der Waals surface area contributed by atoms with Gasteiger partial charge in [-0.05, 0) is 38.7 Å². The molecule has 3 heterocycles. The summed E-state index contributed by atoms with van der Waals surface area (Å²) < 4.78 is 4.95. The van der Waals surface area contributed by atoms with Crippen LogP contribution in [0, 0.1) is 19.8 Å². The second-order valence-electron chi connectivity index (χ2n) is 6.98. The highest BCUT2D eigenvalue weighted by atomic mass is 32.2. The number of nitrogens with zero attached hydrogens (tertiary/aromatic N) is 2. The number of aromatic amines is 1. The molecule has 0 saturated carbocycles. The van der Waals surface area contributed by atoms with E-state index >= 15 is 0 Å². The van der Waals surface area contributed by atoms with Crippen molar-refractivity contribution in [3.8, 4) is 0 Å². The molecular formula is C19H24N4O3S2. The molecule has 1 amide bonds. The number of thioether (sulfide) groups is 1. The van der Waals surface area contributed by atoms with Gasteiger partial charge < -0.3 is 14.8 Å². The van der Waals surface area contributed by atoms with Crippen molar-refractivity contribution in [1.29, 1.82) is 0 Å². The molecule has 150 valence electrons. The maximum Gasteiger partial charge on any atom is 0.260 e. The molecule has 3 rings (SSSR count). The summed E-state index contributed by atoms with van der Waals surface area (Å²) in [4.78, 5) is 34.4. The van der Waals surface area contributed by atoms with Gasteiger partial charge in [0.15, 0.2) is 11.0 Å². The first kappa shape index (κ1) is 20.6. The zero-order valence-electron chi connectivity index (χ0n) is 16.6. The Hall–Kier alpha value is -2.13.